The highest BCUT2D eigenvalue weighted by Crippen LogP contribution is 2.24. The van der Waals surface area contributed by atoms with Crippen LogP contribution in [0.25, 0.3) is 0 Å². The molecule has 19 heavy (non-hydrogen) atoms. The summed E-state index contributed by atoms with van der Waals surface area (Å²) in [5.74, 6) is -0.986. The van der Waals surface area contributed by atoms with E-state index in [0.29, 0.717) is 35.1 Å². The van der Waals surface area contributed by atoms with E-state index in [4.69, 9.17) is 21.4 Å². The Balaban J connectivity index is 1.83. The van der Waals surface area contributed by atoms with Gasteiger partial charge in [-0.25, -0.2) is 4.79 Å². The van der Waals surface area contributed by atoms with Gasteiger partial charge in [0.1, 0.15) is 6.61 Å². The monoisotopic (exact) mass is 303 g/mol. The molecular weight excluding hydrogens is 290 g/mol. The molecule has 5 nitrogen and oxygen atoms in total. The average molecular weight is 304 g/mol. The van der Waals surface area contributed by atoms with Crippen LogP contribution in [0.1, 0.15) is 22.5 Å². The fourth-order valence-corrected chi connectivity index (χ4v) is 3.01. The largest absolute Gasteiger partial charge is 0.480 e. The molecule has 0 spiro atoms. The highest BCUT2D eigenvalue weighted by molar-refractivity contribution is 7.17. The summed E-state index contributed by atoms with van der Waals surface area (Å²) in [6, 6.07) is 3.44. The summed E-state index contributed by atoms with van der Waals surface area (Å²) < 4.78 is 5.83. The van der Waals surface area contributed by atoms with Crippen molar-refractivity contribution in [2.24, 2.45) is 0 Å². The molecule has 2 rings (SSSR count). The lowest BCUT2D eigenvalue weighted by atomic mass is 10.1. The summed E-state index contributed by atoms with van der Waals surface area (Å²) >= 11 is 7.08. The molecule has 0 bridgehead atoms. The molecule has 1 fully saturated rings. The van der Waals surface area contributed by atoms with Gasteiger partial charge in [0.2, 0.25) is 0 Å². The Hall–Kier alpha value is -1.11. The number of ether oxygens (including phenoxy) is 1. The Morgan fingerprint density at radius 1 is 1.42 bits per heavy atom. The maximum Gasteiger partial charge on any atom is 0.329 e. The Kier molecular flexibility index (Phi) is 4.79. The first-order valence-electron chi connectivity index (χ1n) is 5.94. The van der Waals surface area contributed by atoms with E-state index in [2.05, 4.69) is 0 Å². The molecule has 1 saturated heterocycles. The van der Waals surface area contributed by atoms with Crippen molar-refractivity contribution in [2.45, 2.75) is 18.9 Å². The van der Waals surface area contributed by atoms with Crippen molar-refractivity contribution in [1.82, 2.24) is 4.90 Å². The second-order valence-electron chi connectivity index (χ2n) is 4.30. The number of likely N-dealkylation sites (tertiary alicyclic amines) is 1. The van der Waals surface area contributed by atoms with Gasteiger partial charge in [-0.15, -0.1) is 11.3 Å². The first-order valence-corrected chi connectivity index (χ1v) is 7.13. The van der Waals surface area contributed by atoms with Crippen molar-refractivity contribution in [3.05, 3.63) is 21.3 Å². The Morgan fingerprint density at radius 3 is 2.63 bits per heavy atom. The number of carbonyl (C=O) groups excluding carboxylic acids is 1. The van der Waals surface area contributed by atoms with E-state index < -0.39 is 5.97 Å². The number of hydrogen-bond acceptors (Lipinski definition) is 4. The van der Waals surface area contributed by atoms with Crippen LogP contribution >= 0.6 is 22.9 Å². The number of hydrogen-bond donors (Lipinski definition) is 1. The number of carbonyl (C=O) groups is 2. The predicted octanol–water partition coefficient (Wildman–Crippen LogP) is 2.11. The third-order valence-electron chi connectivity index (χ3n) is 2.96. The van der Waals surface area contributed by atoms with Crippen molar-refractivity contribution >= 4 is 34.8 Å². The molecule has 0 aliphatic carbocycles. The average Bonchev–Trinajstić information content (AvgIpc) is 2.83. The van der Waals surface area contributed by atoms with E-state index in [1.807, 2.05) is 0 Å². The minimum atomic E-state index is -0.966. The first kappa shape index (κ1) is 14.3. The van der Waals surface area contributed by atoms with Crippen LogP contribution in [-0.2, 0) is 9.53 Å². The first-order chi connectivity index (χ1) is 9.06. The Labute approximate surface area is 119 Å². The molecule has 0 saturated carbocycles. The van der Waals surface area contributed by atoms with Gasteiger partial charge in [0, 0.05) is 13.1 Å². The summed E-state index contributed by atoms with van der Waals surface area (Å²) in [4.78, 5) is 24.9. The van der Waals surface area contributed by atoms with Crippen LogP contribution in [0, 0.1) is 0 Å². The zero-order chi connectivity index (χ0) is 13.8. The molecule has 104 valence electrons. The van der Waals surface area contributed by atoms with Gasteiger partial charge in [0.25, 0.3) is 5.91 Å². The Bertz CT molecular complexity index is 468. The van der Waals surface area contributed by atoms with Crippen molar-refractivity contribution in [3.63, 3.8) is 0 Å². The third kappa shape index (κ3) is 3.92. The SMILES string of the molecule is O=C(O)COC1CCN(C(=O)c2ccc(Cl)s2)CC1. The lowest BCUT2D eigenvalue weighted by Crippen LogP contribution is -2.41. The summed E-state index contributed by atoms with van der Waals surface area (Å²) in [5, 5.41) is 8.53. The molecule has 1 aromatic rings. The number of nitrogens with zero attached hydrogens (tertiary/aromatic N) is 1. The highest BCUT2D eigenvalue weighted by Gasteiger charge is 2.25. The van der Waals surface area contributed by atoms with Crippen LogP contribution in [0.5, 0.6) is 0 Å². The van der Waals surface area contributed by atoms with Crippen molar-refractivity contribution in [3.8, 4) is 0 Å². The van der Waals surface area contributed by atoms with Crippen molar-refractivity contribution in [1.29, 1.82) is 0 Å². The fourth-order valence-electron chi connectivity index (χ4n) is 2.00. The van der Waals surface area contributed by atoms with E-state index in [1.54, 1.807) is 17.0 Å². The second-order valence-corrected chi connectivity index (χ2v) is 6.02. The topological polar surface area (TPSA) is 66.8 Å². The third-order valence-corrected chi connectivity index (χ3v) is 4.17. The van der Waals surface area contributed by atoms with Gasteiger partial charge in [-0.3, -0.25) is 4.79 Å². The van der Waals surface area contributed by atoms with Gasteiger partial charge in [-0.1, -0.05) is 11.6 Å². The summed E-state index contributed by atoms with van der Waals surface area (Å²) in [7, 11) is 0. The van der Waals surface area contributed by atoms with Crippen LogP contribution in [0.15, 0.2) is 12.1 Å². The van der Waals surface area contributed by atoms with Gasteiger partial charge in [0.15, 0.2) is 0 Å². The molecule has 1 aliphatic rings. The van der Waals surface area contributed by atoms with E-state index >= 15 is 0 Å². The van der Waals surface area contributed by atoms with E-state index in [1.165, 1.54) is 11.3 Å². The molecule has 0 aromatic carbocycles. The summed E-state index contributed by atoms with van der Waals surface area (Å²) in [5.41, 5.74) is 0. The quantitative estimate of drug-likeness (QED) is 0.925. The van der Waals surface area contributed by atoms with E-state index in [0.717, 1.165) is 0 Å². The standard InChI is InChI=1S/C12H14ClNO4S/c13-10-2-1-9(19-10)12(17)14-5-3-8(4-6-14)18-7-11(15)16/h1-2,8H,3-7H2,(H,15,16). The van der Waals surface area contributed by atoms with Crippen LogP contribution in [0.3, 0.4) is 0 Å². The van der Waals surface area contributed by atoms with E-state index in [9.17, 15) is 9.59 Å². The van der Waals surface area contributed by atoms with Crippen LogP contribution < -0.4 is 0 Å². The molecule has 7 heteroatoms. The number of rotatable bonds is 4. The minimum Gasteiger partial charge on any atom is -0.480 e. The van der Waals surface area contributed by atoms with Crippen LogP contribution in [-0.4, -0.2) is 47.7 Å². The number of piperidine rings is 1. The maximum absolute atomic E-state index is 12.1. The lowest BCUT2D eigenvalue weighted by molar-refractivity contribution is -0.145. The number of carboxylic acid groups (broad SMARTS) is 1. The second kappa shape index (κ2) is 6.36. The lowest BCUT2D eigenvalue weighted by Gasteiger charge is -2.31. The van der Waals surface area contributed by atoms with Gasteiger partial charge in [-0.05, 0) is 25.0 Å². The van der Waals surface area contributed by atoms with Crippen LogP contribution in [0.4, 0.5) is 0 Å². The summed E-state index contributed by atoms with van der Waals surface area (Å²) in [6.45, 7) is 0.885. The molecule has 1 aliphatic heterocycles. The van der Waals surface area contributed by atoms with Crippen molar-refractivity contribution in [2.75, 3.05) is 19.7 Å². The molecular formula is C12H14ClNO4S. The molecule has 2 heterocycles. The molecule has 1 amide bonds. The number of aliphatic carboxylic acids is 1. The minimum absolute atomic E-state index is 0.0198. The zero-order valence-electron chi connectivity index (χ0n) is 10.2. The zero-order valence-corrected chi connectivity index (χ0v) is 11.7. The number of thiophene rings is 1. The fraction of sp³-hybridized carbons (Fsp3) is 0.500. The van der Waals surface area contributed by atoms with Crippen LogP contribution in [0.2, 0.25) is 4.34 Å². The number of amides is 1. The molecule has 0 unspecified atom stereocenters. The highest BCUT2D eigenvalue weighted by atomic mass is 35.5. The summed E-state index contributed by atoms with van der Waals surface area (Å²) in [6.07, 6.45) is 1.25. The predicted molar refractivity (Wildman–Crippen MR) is 71.8 cm³/mol. The molecule has 0 radical (unpaired) electrons. The van der Waals surface area contributed by atoms with Gasteiger partial charge in [0.05, 0.1) is 15.3 Å². The van der Waals surface area contributed by atoms with E-state index in [-0.39, 0.29) is 18.6 Å². The van der Waals surface area contributed by atoms with Gasteiger partial charge in [-0.2, -0.15) is 0 Å². The maximum atomic E-state index is 12.1. The molecule has 1 aromatic heterocycles. The Morgan fingerprint density at radius 2 is 2.11 bits per heavy atom. The molecule has 0 atom stereocenters. The van der Waals surface area contributed by atoms with Gasteiger partial charge >= 0.3 is 5.97 Å². The van der Waals surface area contributed by atoms with Gasteiger partial charge < -0.3 is 14.7 Å². The molecule has 1 N–H and O–H groups in total. The number of carboxylic acids is 1. The number of halogens is 1. The normalized spacial score (nSPS) is 16.6. The van der Waals surface area contributed by atoms with Crippen molar-refractivity contribution < 1.29 is 19.4 Å². The smallest absolute Gasteiger partial charge is 0.329 e.